The SMILES string of the molecule is CC(C)N1CCC(C(=O)N2CCNCC2c2cccc(F)c2)CC1. The number of rotatable bonds is 3. The second-order valence-corrected chi connectivity index (χ2v) is 7.21. The third kappa shape index (κ3) is 3.78. The molecule has 2 aliphatic rings. The van der Waals surface area contributed by atoms with E-state index in [1.165, 1.54) is 6.07 Å². The van der Waals surface area contributed by atoms with Gasteiger partial charge in [0.1, 0.15) is 5.82 Å². The number of benzene rings is 1. The quantitative estimate of drug-likeness (QED) is 0.923. The molecule has 0 aliphatic carbocycles. The van der Waals surface area contributed by atoms with Gasteiger partial charge in [-0.2, -0.15) is 0 Å². The molecule has 0 saturated carbocycles. The number of likely N-dealkylation sites (tertiary alicyclic amines) is 1. The Balaban J connectivity index is 1.70. The van der Waals surface area contributed by atoms with Gasteiger partial charge in [-0.15, -0.1) is 0 Å². The van der Waals surface area contributed by atoms with E-state index in [9.17, 15) is 9.18 Å². The van der Waals surface area contributed by atoms with E-state index in [1.807, 2.05) is 11.0 Å². The lowest BCUT2D eigenvalue weighted by Crippen LogP contribution is -2.52. The van der Waals surface area contributed by atoms with E-state index >= 15 is 0 Å². The van der Waals surface area contributed by atoms with E-state index in [4.69, 9.17) is 0 Å². The molecular formula is C19H28FN3O. The Hall–Kier alpha value is -1.46. The van der Waals surface area contributed by atoms with Gasteiger partial charge in [-0.05, 0) is 57.5 Å². The smallest absolute Gasteiger partial charge is 0.226 e. The number of nitrogens with zero attached hydrogens (tertiary/aromatic N) is 2. The van der Waals surface area contributed by atoms with E-state index in [0.29, 0.717) is 19.1 Å². The largest absolute Gasteiger partial charge is 0.333 e. The number of carbonyl (C=O) groups is 1. The Morgan fingerprint density at radius 3 is 2.67 bits per heavy atom. The molecule has 2 fully saturated rings. The van der Waals surface area contributed by atoms with Crippen molar-refractivity contribution in [2.75, 3.05) is 32.7 Å². The highest BCUT2D eigenvalue weighted by Crippen LogP contribution is 2.28. The van der Waals surface area contributed by atoms with Crippen LogP contribution in [-0.4, -0.2) is 54.5 Å². The zero-order chi connectivity index (χ0) is 17.1. The minimum Gasteiger partial charge on any atom is -0.333 e. The molecular weight excluding hydrogens is 305 g/mol. The summed E-state index contributed by atoms with van der Waals surface area (Å²) in [7, 11) is 0. The molecule has 5 heteroatoms. The molecule has 1 atom stereocenters. The fourth-order valence-electron chi connectivity index (χ4n) is 3.88. The molecule has 1 unspecified atom stereocenters. The molecule has 0 bridgehead atoms. The van der Waals surface area contributed by atoms with Crippen molar-refractivity contribution in [2.45, 2.75) is 38.8 Å². The van der Waals surface area contributed by atoms with E-state index in [2.05, 4.69) is 24.1 Å². The number of hydrogen-bond acceptors (Lipinski definition) is 3. The molecule has 1 amide bonds. The summed E-state index contributed by atoms with van der Waals surface area (Å²) in [6.45, 7) is 8.60. The summed E-state index contributed by atoms with van der Waals surface area (Å²) < 4.78 is 13.6. The van der Waals surface area contributed by atoms with Crippen LogP contribution in [0.1, 0.15) is 38.3 Å². The Kier molecular flexibility index (Phi) is 5.51. The maximum absolute atomic E-state index is 13.6. The van der Waals surface area contributed by atoms with Crippen molar-refractivity contribution in [1.29, 1.82) is 0 Å². The van der Waals surface area contributed by atoms with E-state index in [0.717, 1.165) is 38.0 Å². The summed E-state index contributed by atoms with van der Waals surface area (Å²) in [5.41, 5.74) is 0.884. The lowest BCUT2D eigenvalue weighted by Gasteiger charge is -2.41. The van der Waals surface area contributed by atoms with Gasteiger partial charge in [0.25, 0.3) is 0 Å². The van der Waals surface area contributed by atoms with E-state index < -0.39 is 0 Å². The molecule has 132 valence electrons. The molecule has 3 rings (SSSR count). The Morgan fingerprint density at radius 1 is 1.25 bits per heavy atom. The van der Waals surface area contributed by atoms with Gasteiger partial charge in [-0.25, -0.2) is 4.39 Å². The number of carbonyl (C=O) groups excluding carboxylic acids is 1. The van der Waals surface area contributed by atoms with E-state index in [1.54, 1.807) is 12.1 Å². The standard InChI is InChI=1S/C19H28FN3O/c1-14(2)22-9-6-15(7-10-22)19(24)23-11-8-21-13-18(23)16-4-3-5-17(20)12-16/h3-5,12,14-15,18,21H,6-11,13H2,1-2H3. The minimum atomic E-state index is -0.240. The van der Waals surface area contributed by atoms with Crippen LogP contribution in [-0.2, 0) is 4.79 Å². The number of amides is 1. The molecule has 24 heavy (non-hydrogen) atoms. The second kappa shape index (κ2) is 7.62. The highest BCUT2D eigenvalue weighted by Gasteiger charge is 2.34. The van der Waals surface area contributed by atoms with Gasteiger partial charge in [0.15, 0.2) is 0 Å². The number of nitrogens with one attached hydrogen (secondary N) is 1. The molecule has 1 aromatic rings. The minimum absolute atomic E-state index is 0.0647. The van der Waals surface area contributed by atoms with Crippen molar-refractivity contribution in [3.8, 4) is 0 Å². The Morgan fingerprint density at radius 2 is 2.00 bits per heavy atom. The number of piperidine rings is 1. The third-order valence-corrected chi connectivity index (χ3v) is 5.37. The molecule has 2 heterocycles. The molecule has 0 aromatic heterocycles. The lowest BCUT2D eigenvalue weighted by molar-refractivity contribution is -0.140. The number of halogens is 1. The van der Waals surface area contributed by atoms with Gasteiger partial charge in [0.2, 0.25) is 5.91 Å². The Labute approximate surface area is 144 Å². The Bertz CT molecular complexity index is 569. The van der Waals surface area contributed by atoms with Crippen LogP contribution in [0.5, 0.6) is 0 Å². The fourth-order valence-corrected chi connectivity index (χ4v) is 3.88. The molecule has 1 N–H and O–H groups in total. The average molecular weight is 333 g/mol. The maximum Gasteiger partial charge on any atom is 0.226 e. The molecule has 2 aliphatic heterocycles. The highest BCUT2D eigenvalue weighted by molar-refractivity contribution is 5.79. The first-order valence-corrected chi connectivity index (χ1v) is 9.07. The predicted molar refractivity (Wildman–Crippen MR) is 93.2 cm³/mol. The monoisotopic (exact) mass is 333 g/mol. The summed E-state index contributed by atoms with van der Waals surface area (Å²) in [6.07, 6.45) is 1.85. The number of hydrogen-bond donors (Lipinski definition) is 1. The zero-order valence-electron chi connectivity index (χ0n) is 14.7. The summed E-state index contributed by atoms with van der Waals surface area (Å²) in [4.78, 5) is 17.5. The highest BCUT2D eigenvalue weighted by atomic mass is 19.1. The van der Waals surface area contributed by atoms with Crippen molar-refractivity contribution in [1.82, 2.24) is 15.1 Å². The molecule has 1 aromatic carbocycles. The molecule has 2 saturated heterocycles. The molecule has 0 spiro atoms. The van der Waals surface area contributed by atoms with Crippen LogP contribution in [0.15, 0.2) is 24.3 Å². The summed E-state index contributed by atoms with van der Waals surface area (Å²) in [5, 5.41) is 3.34. The topological polar surface area (TPSA) is 35.6 Å². The van der Waals surface area contributed by atoms with Crippen LogP contribution < -0.4 is 5.32 Å². The van der Waals surface area contributed by atoms with Gasteiger partial charge < -0.3 is 15.1 Å². The first kappa shape index (κ1) is 17.4. The second-order valence-electron chi connectivity index (χ2n) is 7.21. The average Bonchev–Trinajstić information content (AvgIpc) is 2.61. The van der Waals surface area contributed by atoms with E-state index in [-0.39, 0.29) is 23.7 Å². The maximum atomic E-state index is 13.6. The van der Waals surface area contributed by atoms with Gasteiger partial charge in [0.05, 0.1) is 6.04 Å². The van der Waals surface area contributed by atoms with Crippen LogP contribution in [0.3, 0.4) is 0 Å². The predicted octanol–water partition coefficient (Wildman–Crippen LogP) is 2.42. The van der Waals surface area contributed by atoms with Gasteiger partial charge >= 0.3 is 0 Å². The molecule has 4 nitrogen and oxygen atoms in total. The van der Waals surface area contributed by atoms with Crippen LogP contribution in [0.2, 0.25) is 0 Å². The van der Waals surface area contributed by atoms with Gasteiger partial charge in [-0.1, -0.05) is 12.1 Å². The first-order chi connectivity index (χ1) is 11.6. The van der Waals surface area contributed by atoms with Gasteiger partial charge in [0, 0.05) is 31.6 Å². The van der Waals surface area contributed by atoms with Crippen molar-refractivity contribution in [3.63, 3.8) is 0 Å². The van der Waals surface area contributed by atoms with Crippen molar-refractivity contribution >= 4 is 5.91 Å². The summed E-state index contributed by atoms with van der Waals surface area (Å²) >= 11 is 0. The van der Waals surface area contributed by atoms with Crippen LogP contribution in [0.25, 0.3) is 0 Å². The van der Waals surface area contributed by atoms with Crippen molar-refractivity contribution in [2.24, 2.45) is 5.92 Å². The van der Waals surface area contributed by atoms with Crippen molar-refractivity contribution in [3.05, 3.63) is 35.6 Å². The first-order valence-electron chi connectivity index (χ1n) is 9.07. The molecule has 0 radical (unpaired) electrons. The van der Waals surface area contributed by atoms with Crippen LogP contribution in [0.4, 0.5) is 4.39 Å². The summed E-state index contributed by atoms with van der Waals surface area (Å²) in [6, 6.07) is 7.13. The van der Waals surface area contributed by atoms with Gasteiger partial charge in [-0.3, -0.25) is 4.79 Å². The summed E-state index contributed by atoms with van der Waals surface area (Å²) in [5.74, 6) is 0.110. The normalized spacial score (nSPS) is 23.7. The van der Waals surface area contributed by atoms with Crippen LogP contribution >= 0.6 is 0 Å². The third-order valence-electron chi connectivity index (χ3n) is 5.37. The number of piperazine rings is 1. The van der Waals surface area contributed by atoms with Crippen LogP contribution in [0, 0.1) is 11.7 Å². The lowest BCUT2D eigenvalue weighted by atomic mass is 9.92. The van der Waals surface area contributed by atoms with Crippen molar-refractivity contribution < 1.29 is 9.18 Å². The fraction of sp³-hybridized carbons (Fsp3) is 0.632. The zero-order valence-corrected chi connectivity index (χ0v) is 14.7.